The summed E-state index contributed by atoms with van der Waals surface area (Å²) in [7, 11) is -4.65. The number of hydrogen-bond acceptors (Lipinski definition) is 7. The van der Waals surface area contributed by atoms with Crippen LogP contribution in [-0.2, 0) is 14.3 Å². The molecule has 3 aromatic rings. The van der Waals surface area contributed by atoms with Gasteiger partial charge in [0.2, 0.25) is 5.78 Å². The number of carbonyl (C=O) groups is 1. The standard InChI is InChI=1S/C21H15NO7S/c23-19-15-10-4-6-12-17(15)28-20(14-8-2-1-3-9-14)21(19)29-30(26,27)18-13-7-5-11-16(18)22(24)25/h1-13,20-21H/t20-,21+/m1/s1. The van der Waals surface area contributed by atoms with Gasteiger partial charge in [-0.05, 0) is 23.8 Å². The molecule has 0 unspecified atom stereocenters. The highest BCUT2D eigenvalue weighted by Gasteiger charge is 2.43. The number of nitro benzene ring substituents is 1. The third-order valence-electron chi connectivity index (χ3n) is 4.63. The number of Topliss-reactive ketones (excluding diaryl/α,β-unsaturated/α-hetero) is 1. The monoisotopic (exact) mass is 425 g/mol. The average Bonchev–Trinajstić information content (AvgIpc) is 2.76. The Morgan fingerprint density at radius 2 is 1.53 bits per heavy atom. The van der Waals surface area contributed by atoms with Crippen LogP contribution in [-0.4, -0.2) is 25.2 Å². The second-order valence-corrected chi connectivity index (χ2v) is 8.05. The molecule has 0 aromatic heterocycles. The van der Waals surface area contributed by atoms with Crippen molar-refractivity contribution in [3.8, 4) is 5.75 Å². The highest BCUT2D eigenvalue weighted by Crippen LogP contribution is 2.38. The fraction of sp³-hybridized carbons (Fsp3) is 0.0952. The molecule has 2 atom stereocenters. The van der Waals surface area contributed by atoms with E-state index in [-0.39, 0.29) is 5.56 Å². The van der Waals surface area contributed by atoms with Gasteiger partial charge in [0.15, 0.2) is 17.1 Å². The number of carbonyl (C=O) groups excluding carboxylic acids is 1. The summed E-state index contributed by atoms with van der Waals surface area (Å²) in [6, 6.07) is 19.8. The van der Waals surface area contributed by atoms with Gasteiger partial charge in [-0.1, -0.05) is 54.6 Å². The van der Waals surface area contributed by atoms with Gasteiger partial charge in [0.25, 0.3) is 5.69 Å². The molecule has 3 aromatic carbocycles. The Morgan fingerprint density at radius 3 is 2.27 bits per heavy atom. The number of para-hydroxylation sites is 2. The number of benzene rings is 3. The Labute approximate surface area is 172 Å². The predicted molar refractivity (Wildman–Crippen MR) is 106 cm³/mol. The molecule has 0 bridgehead atoms. The van der Waals surface area contributed by atoms with Crippen molar-refractivity contribution < 1.29 is 27.1 Å². The molecule has 0 N–H and O–H groups in total. The van der Waals surface area contributed by atoms with Gasteiger partial charge in [0.05, 0.1) is 10.5 Å². The first kappa shape index (κ1) is 19.7. The summed E-state index contributed by atoms with van der Waals surface area (Å²) in [5.41, 5.74) is 0.0638. The summed E-state index contributed by atoms with van der Waals surface area (Å²) in [4.78, 5) is 22.9. The highest BCUT2D eigenvalue weighted by atomic mass is 32.2. The van der Waals surface area contributed by atoms with E-state index in [2.05, 4.69) is 0 Å². The van der Waals surface area contributed by atoms with Gasteiger partial charge >= 0.3 is 10.1 Å². The second-order valence-electron chi connectivity index (χ2n) is 6.51. The number of nitro groups is 1. The molecule has 0 amide bonds. The lowest BCUT2D eigenvalue weighted by Gasteiger charge is -2.32. The maximum Gasteiger partial charge on any atom is 0.304 e. The smallest absolute Gasteiger partial charge is 0.304 e. The first-order valence-electron chi connectivity index (χ1n) is 8.90. The van der Waals surface area contributed by atoms with Crippen molar-refractivity contribution in [3.63, 3.8) is 0 Å². The van der Waals surface area contributed by atoms with E-state index < -0.39 is 43.6 Å². The third kappa shape index (κ3) is 3.56. The molecule has 0 radical (unpaired) electrons. The van der Waals surface area contributed by atoms with Crippen LogP contribution in [0, 0.1) is 10.1 Å². The number of nitrogens with zero attached hydrogens (tertiary/aromatic N) is 1. The van der Waals surface area contributed by atoms with Gasteiger partial charge in [0, 0.05) is 6.07 Å². The molecule has 30 heavy (non-hydrogen) atoms. The van der Waals surface area contributed by atoms with Crippen LogP contribution in [0.1, 0.15) is 22.0 Å². The first-order valence-corrected chi connectivity index (χ1v) is 10.3. The van der Waals surface area contributed by atoms with Crippen molar-refractivity contribution in [2.24, 2.45) is 0 Å². The zero-order valence-electron chi connectivity index (χ0n) is 15.4. The minimum Gasteiger partial charge on any atom is -0.482 e. The Balaban J connectivity index is 1.79. The van der Waals surface area contributed by atoms with Crippen LogP contribution in [0.5, 0.6) is 5.75 Å². The quantitative estimate of drug-likeness (QED) is 0.348. The summed E-state index contributed by atoms with van der Waals surface area (Å²) >= 11 is 0. The zero-order valence-corrected chi connectivity index (χ0v) is 16.2. The van der Waals surface area contributed by atoms with Crippen molar-refractivity contribution in [2.75, 3.05) is 0 Å². The van der Waals surface area contributed by atoms with Crippen LogP contribution in [0.4, 0.5) is 5.69 Å². The average molecular weight is 425 g/mol. The van der Waals surface area contributed by atoms with Crippen LogP contribution in [0.3, 0.4) is 0 Å². The van der Waals surface area contributed by atoms with Crippen molar-refractivity contribution in [1.82, 2.24) is 0 Å². The zero-order chi connectivity index (χ0) is 21.3. The fourth-order valence-corrected chi connectivity index (χ4v) is 4.46. The van der Waals surface area contributed by atoms with Crippen molar-refractivity contribution >= 4 is 21.6 Å². The van der Waals surface area contributed by atoms with Gasteiger partial charge < -0.3 is 4.74 Å². The molecule has 0 aliphatic carbocycles. The van der Waals surface area contributed by atoms with E-state index in [1.54, 1.807) is 48.5 Å². The van der Waals surface area contributed by atoms with E-state index >= 15 is 0 Å². The largest absolute Gasteiger partial charge is 0.482 e. The summed E-state index contributed by atoms with van der Waals surface area (Å²) in [6.07, 6.45) is -2.60. The summed E-state index contributed by atoms with van der Waals surface area (Å²) in [5, 5.41) is 11.3. The Bertz CT molecular complexity index is 1220. The molecule has 8 nitrogen and oxygen atoms in total. The van der Waals surface area contributed by atoms with Gasteiger partial charge in [0.1, 0.15) is 5.75 Å². The number of hydrogen-bond donors (Lipinski definition) is 0. The van der Waals surface area contributed by atoms with E-state index in [1.165, 1.54) is 18.2 Å². The molecule has 0 spiro atoms. The Morgan fingerprint density at radius 1 is 0.900 bits per heavy atom. The fourth-order valence-electron chi connectivity index (χ4n) is 3.25. The number of fused-ring (bicyclic) bond motifs is 1. The number of ketones is 1. The molecule has 9 heteroatoms. The molecule has 0 saturated heterocycles. The molecular weight excluding hydrogens is 410 g/mol. The predicted octanol–water partition coefficient (Wildman–Crippen LogP) is 3.69. The van der Waals surface area contributed by atoms with E-state index in [9.17, 15) is 23.3 Å². The van der Waals surface area contributed by atoms with Crippen molar-refractivity contribution in [2.45, 2.75) is 17.1 Å². The van der Waals surface area contributed by atoms with E-state index in [4.69, 9.17) is 8.92 Å². The molecule has 1 aliphatic heterocycles. The van der Waals surface area contributed by atoms with Crippen LogP contribution >= 0.6 is 0 Å². The van der Waals surface area contributed by atoms with E-state index in [0.717, 1.165) is 12.1 Å². The minimum absolute atomic E-state index is 0.174. The summed E-state index contributed by atoms with van der Waals surface area (Å²) in [6.45, 7) is 0. The topological polar surface area (TPSA) is 113 Å². The van der Waals surface area contributed by atoms with Gasteiger partial charge in [-0.15, -0.1) is 0 Å². The third-order valence-corrected chi connectivity index (χ3v) is 5.97. The summed E-state index contributed by atoms with van der Waals surface area (Å²) in [5.74, 6) is -0.285. The molecule has 1 heterocycles. The number of rotatable bonds is 5. The summed E-state index contributed by atoms with van der Waals surface area (Å²) < 4.78 is 37.1. The van der Waals surface area contributed by atoms with Gasteiger partial charge in [-0.3, -0.25) is 19.1 Å². The van der Waals surface area contributed by atoms with Crippen LogP contribution in [0.25, 0.3) is 0 Å². The maximum absolute atomic E-state index is 13.1. The van der Waals surface area contributed by atoms with Crippen LogP contribution in [0.15, 0.2) is 83.8 Å². The van der Waals surface area contributed by atoms with Gasteiger partial charge in [-0.2, -0.15) is 8.42 Å². The Kier molecular flexibility index (Phi) is 5.06. The molecular formula is C21H15NO7S. The second kappa shape index (κ2) is 7.69. The molecule has 4 rings (SSSR count). The minimum atomic E-state index is -4.65. The van der Waals surface area contributed by atoms with Crippen LogP contribution < -0.4 is 4.74 Å². The van der Waals surface area contributed by atoms with Crippen molar-refractivity contribution in [3.05, 3.63) is 100 Å². The maximum atomic E-state index is 13.1. The van der Waals surface area contributed by atoms with E-state index in [0.29, 0.717) is 11.3 Å². The van der Waals surface area contributed by atoms with Gasteiger partial charge in [-0.25, -0.2) is 0 Å². The number of ether oxygens (including phenoxy) is 1. The molecule has 1 aliphatic rings. The molecule has 0 fully saturated rings. The van der Waals surface area contributed by atoms with Crippen LogP contribution in [0.2, 0.25) is 0 Å². The lowest BCUT2D eigenvalue weighted by atomic mass is 9.94. The molecule has 0 saturated carbocycles. The lowest BCUT2D eigenvalue weighted by Crippen LogP contribution is -2.40. The lowest BCUT2D eigenvalue weighted by molar-refractivity contribution is -0.387. The van der Waals surface area contributed by atoms with Crippen molar-refractivity contribution in [1.29, 1.82) is 0 Å². The highest BCUT2D eigenvalue weighted by molar-refractivity contribution is 7.87. The normalized spacial score (nSPS) is 18.3. The molecule has 152 valence electrons. The first-order chi connectivity index (χ1) is 14.4. The van der Waals surface area contributed by atoms with E-state index in [1.807, 2.05) is 0 Å². The Hall–Kier alpha value is -3.56. The SMILES string of the molecule is O=C1c2ccccc2O[C@H](c2ccccc2)[C@H]1OS(=O)(=O)c1ccccc1[N+](=O)[O-].